The summed E-state index contributed by atoms with van der Waals surface area (Å²) in [5, 5.41) is 3.24. The van der Waals surface area contributed by atoms with Gasteiger partial charge in [-0.3, -0.25) is 14.5 Å². The predicted octanol–water partition coefficient (Wildman–Crippen LogP) is 0.293. The average molecular weight is 240 g/mol. The second-order valence-corrected chi connectivity index (χ2v) is 4.71. The number of imide groups is 1. The molecule has 2 fully saturated rings. The van der Waals surface area contributed by atoms with Gasteiger partial charge in [-0.25, -0.2) is 0 Å². The largest absolute Gasteiger partial charge is 0.368 e. The summed E-state index contributed by atoms with van der Waals surface area (Å²) in [6.07, 6.45) is 2.95. The maximum absolute atomic E-state index is 12.2. The molecule has 2 aliphatic heterocycles. The number of ether oxygens (including phenoxy) is 1. The van der Waals surface area contributed by atoms with Crippen LogP contribution in [0.3, 0.4) is 0 Å². The van der Waals surface area contributed by atoms with Crippen molar-refractivity contribution in [3.8, 4) is 0 Å². The Balaban J connectivity index is 2.04. The summed E-state index contributed by atoms with van der Waals surface area (Å²) >= 11 is 0. The van der Waals surface area contributed by atoms with Crippen LogP contribution in [-0.2, 0) is 14.3 Å². The van der Waals surface area contributed by atoms with E-state index >= 15 is 0 Å². The van der Waals surface area contributed by atoms with Crippen LogP contribution in [0.1, 0.15) is 32.6 Å². The number of amides is 2. The van der Waals surface area contributed by atoms with Crippen molar-refractivity contribution in [2.75, 3.05) is 19.7 Å². The Bertz CT molecular complexity index is 294. The molecule has 96 valence electrons. The maximum Gasteiger partial charge on any atom is 0.258 e. The highest BCUT2D eigenvalue weighted by atomic mass is 16.5. The minimum absolute atomic E-state index is 0.0467. The minimum Gasteiger partial charge on any atom is -0.368 e. The van der Waals surface area contributed by atoms with E-state index in [0.29, 0.717) is 6.61 Å². The van der Waals surface area contributed by atoms with Crippen molar-refractivity contribution < 1.29 is 14.3 Å². The summed E-state index contributed by atoms with van der Waals surface area (Å²) in [5.74, 6) is -0.292. The Morgan fingerprint density at radius 3 is 2.47 bits per heavy atom. The van der Waals surface area contributed by atoms with Crippen LogP contribution in [0.5, 0.6) is 0 Å². The van der Waals surface area contributed by atoms with Crippen LogP contribution in [0.15, 0.2) is 0 Å². The van der Waals surface area contributed by atoms with E-state index < -0.39 is 6.10 Å². The number of carbonyl (C=O) groups excluding carboxylic acids is 2. The lowest BCUT2D eigenvalue weighted by Crippen LogP contribution is -2.51. The van der Waals surface area contributed by atoms with Crippen molar-refractivity contribution >= 4 is 11.8 Å². The highest BCUT2D eigenvalue weighted by Gasteiger charge is 2.35. The van der Waals surface area contributed by atoms with Crippen LogP contribution >= 0.6 is 0 Å². The highest BCUT2D eigenvalue weighted by Crippen LogP contribution is 2.19. The van der Waals surface area contributed by atoms with Crippen molar-refractivity contribution in [1.82, 2.24) is 10.2 Å². The molecule has 2 aliphatic rings. The Hall–Kier alpha value is -0.940. The van der Waals surface area contributed by atoms with Crippen molar-refractivity contribution in [3.05, 3.63) is 0 Å². The molecular weight excluding hydrogens is 220 g/mol. The molecule has 17 heavy (non-hydrogen) atoms. The highest BCUT2D eigenvalue weighted by molar-refractivity contribution is 5.96. The zero-order valence-electron chi connectivity index (χ0n) is 10.3. The molecule has 2 heterocycles. The monoisotopic (exact) mass is 240 g/mol. The van der Waals surface area contributed by atoms with E-state index in [2.05, 4.69) is 5.32 Å². The molecule has 0 radical (unpaired) electrons. The summed E-state index contributed by atoms with van der Waals surface area (Å²) in [4.78, 5) is 25.3. The van der Waals surface area contributed by atoms with Gasteiger partial charge in [0.1, 0.15) is 6.10 Å². The Morgan fingerprint density at radius 1 is 1.24 bits per heavy atom. The molecule has 5 heteroatoms. The number of carbonyl (C=O) groups is 2. The fourth-order valence-corrected chi connectivity index (χ4v) is 2.58. The Kier molecular flexibility index (Phi) is 4.12. The molecule has 2 saturated heterocycles. The molecule has 0 aromatic carbocycles. The molecule has 0 aromatic rings. The molecule has 1 atom stereocenters. The zero-order valence-corrected chi connectivity index (χ0v) is 10.3. The van der Waals surface area contributed by atoms with E-state index in [1.165, 1.54) is 11.8 Å². The van der Waals surface area contributed by atoms with Gasteiger partial charge in [0, 0.05) is 19.6 Å². The molecule has 0 aromatic heterocycles. The van der Waals surface area contributed by atoms with Crippen LogP contribution in [0.4, 0.5) is 0 Å². The maximum atomic E-state index is 12.2. The molecular formula is C12H20N2O3. The lowest BCUT2D eigenvalue weighted by molar-refractivity contribution is -0.153. The van der Waals surface area contributed by atoms with Gasteiger partial charge in [-0.1, -0.05) is 0 Å². The molecule has 2 amide bonds. The fourth-order valence-electron chi connectivity index (χ4n) is 2.58. The van der Waals surface area contributed by atoms with Gasteiger partial charge in [-0.2, -0.15) is 0 Å². The quantitative estimate of drug-likeness (QED) is 0.754. The standard InChI is InChI=1S/C12H20N2O3/c1-9(15)14(10-4-6-13-7-5-10)12(16)11-3-2-8-17-11/h10-11,13H,2-8H2,1H3. The third kappa shape index (κ3) is 2.84. The van der Waals surface area contributed by atoms with Gasteiger partial charge >= 0.3 is 0 Å². The first-order chi connectivity index (χ1) is 8.20. The lowest BCUT2D eigenvalue weighted by atomic mass is 10.0. The van der Waals surface area contributed by atoms with E-state index in [1.807, 2.05) is 0 Å². The van der Waals surface area contributed by atoms with E-state index in [1.54, 1.807) is 0 Å². The smallest absolute Gasteiger partial charge is 0.258 e. The van der Waals surface area contributed by atoms with E-state index in [-0.39, 0.29) is 17.9 Å². The molecule has 5 nitrogen and oxygen atoms in total. The number of hydrogen-bond donors (Lipinski definition) is 1. The molecule has 0 aliphatic carbocycles. The summed E-state index contributed by atoms with van der Waals surface area (Å²) in [6.45, 7) is 3.84. The summed E-state index contributed by atoms with van der Waals surface area (Å²) in [7, 11) is 0. The van der Waals surface area contributed by atoms with E-state index in [9.17, 15) is 9.59 Å². The van der Waals surface area contributed by atoms with Crippen LogP contribution < -0.4 is 5.32 Å². The predicted molar refractivity (Wildman–Crippen MR) is 62.4 cm³/mol. The van der Waals surface area contributed by atoms with Gasteiger partial charge in [0.2, 0.25) is 5.91 Å². The summed E-state index contributed by atoms with van der Waals surface area (Å²) < 4.78 is 5.38. The minimum atomic E-state index is -0.395. The third-order valence-electron chi connectivity index (χ3n) is 3.46. The first-order valence-electron chi connectivity index (χ1n) is 6.36. The Morgan fingerprint density at radius 2 is 1.94 bits per heavy atom. The first kappa shape index (κ1) is 12.5. The van der Waals surface area contributed by atoms with Crippen LogP contribution in [0.2, 0.25) is 0 Å². The van der Waals surface area contributed by atoms with Gasteiger partial charge in [0.25, 0.3) is 5.91 Å². The normalized spacial score (nSPS) is 25.8. The van der Waals surface area contributed by atoms with Crippen molar-refractivity contribution in [3.63, 3.8) is 0 Å². The van der Waals surface area contributed by atoms with Crippen molar-refractivity contribution in [1.29, 1.82) is 0 Å². The second-order valence-electron chi connectivity index (χ2n) is 4.71. The van der Waals surface area contributed by atoms with E-state index in [0.717, 1.165) is 38.8 Å². The lowest BCUT2D eigenvalue weighted by Gasteiger charge is -2.33. The zero-order chi connectivity index (χ0) is 12.3. The number of piperidine rings is 1. The molecule has 0 spiro atoms. The topological polar surface area (TPSA) is 58.6 Å². The number of hydrogen-bond acceptors (Lipinski definition) is 4. The number of nitrogens with zero attached hydrogens (tertiary/aromatic N) is 1. The van der Waals surface area contributed by atoms with Gasteiger partial charge in [0.05, 0.1) is 0 Å². The van der Waals surface area contributed by atoms with E-state index in [4.69, 9.17) is 4.74 Å². The number of rotatable bonds is 2. The Labute approximate surface area is 101 Å². The number of nitrogens with one attached hydrogen (secondary N) is 1. The second kappa shape index (κ2) is 5.60. The first-order valence-corrected chi connectivity index (χ1v) is 6.36. The fraction of sp³-hybridized carbons (Fsp3) is 0.833. The van der Waals surface area contributed by atoms with Crippen LogP contribution in [0.25, 0.3) is 0 Å². The van der Waals surface area contributed by atoms with Crippen LogP contribution in [0, 0.1) is 0 Å². The van der Waals surface area contributed by atoms with Crippen molar-refractivity contribution in [2.45, 2.75) is 44.8 Å². The summed E-state index contributed by atoms with van der Waals surface area (Å²) in [5.41, 5.74) is 0. The van der Waals surface area contributed by atoms with Crippen molar-refractivity contribution in [2.24, 2.45) is 0 Å². The van der Waals surface area contributed by atoms with Gasteiger partial charge in [-0.15, -0.1) is 0 Å². The average Bonchev–Trinajstić information content (AvgIpc) is 2.83. The molecule has 1 unspecified atom stereocenters. The molecule has 2 rings (SSSR count). The van der Waals surface area contributed by atoms with Gasteiger partial charge in [-0.05, 0) is 38.8 Å². The molecule has 0 saturated carbocycles. The van der Waals surface area contributed by atoms with Gasteiger partial charge < -0.3 is 10.1 Å². The third-order valence-corrected chi connectivity index (χ3v) is 3.46. The van der Waals surface area contributed by atoms with Crippen LogP contribution in [-0.4, -0.2) is 48.6 Å². The SMILES string of the molecule is CC(=O)N(C(=O)C1CCCO1)C1CCNCC1. The molecule has 0 bridgehead atoms. The summed E-state index contributed by atoms with van der Waals surface area (Å²) in [6, 6.07) is 0.0467. The molecule has 1 N–H and O–H groups in total. The van der Waals surface area contributed by atoms with Gasteiger partial charge in [0.15, 0.2) is 0 Å².